The first kappa shape index (κ1) is 21.9. The Labute approximate surface area is 163 Å². The number of anilines is 1. The number of nitrogens with zero attached hydrogens (tertiary/aromatic N) is 1. The number of halogens is 2. The number of amides is 1. The standard InChI is InChI=1S/C17H14F2N2O7S/c18-17(19)29(26,27)13-7-5-12(6-8-13)20-15(22)10-28-16(23)9-11-3-1-2-4-14(11)21(24)25/h1-8,17H,9-10H2,(H,20,22). The van der Waals surface area contributed by atoms with Crippen molar-refractivity contribution in [2.75, 3.05) is 11.9 Å². The van der Waals surface area contributed by atoms with Crippen LogP contribution in [0.25, 0.3) is 0 Å². The number of para-hydroxylation sites is 1. The van der Waals surface area contributed by atoms with Crippen LogP contribution in [0.3, 0.4) is 0 Å². The summed E-state index contributed by atoms with van der Waals surface area (Å²) in [5.41, 5.74) is -0.0376. The fraction of sp³-hybridized carbons (Fsp3) is 0.176. The van der Waals surface area contributed by atoms with Gasteiger partial charge in [0.05, 0.1) is 16.2 Å². The van der Waals surface area contributed by atoms with Crippen molar-refractivity contribution in [1.82, 2.24) is 0 Å². The van der Waals surface area contributed by atoms with Crippen LogP contribution in [0.5, 0.6) is 0 Å². The predicted molar refractivity (Wildman–Crippen MR) is 96.0 cm³/mol. The molecule has 0 fully saturated rings. The highest BCUT2D eigenvalue weighted by atomic mass is 32.2. The van der Waals surface area contributed by atoms with Crippen LogP contribution in [0.1, 0.15) is 5.56 Å². The average molecular weight is 428 g/mol. The van der Waals surface area contributed by atoms with Crippen LogP contribution < -0.4 is 5.32 Å². The lowest BCUT2D eigenvalue weighted by molar-refractivity contribution is -0.385. The molecule has 29 heavy (non-hydrogen) atoms. The molecule has 0 saturated heterocycles. The average Bonchev–Trinajstić information content (AvgIpc) is 2.67. The Hall–Kier alpha value is -3.41. The fourth-order valence-electron chi connectivity index (χ4n) is 2.22. The van der Waals surface area contributed by atoms with Crippen molar-refractivity contribution in [2.45, 2.75) is 17.1 Å². The molecule has 0 aliphatic heterocycles. The molecule has 1 N–H and O–H groups in total. The molecule has 0 spiro atoms. The van der Waals surface area contributed by atoms with E-state index in [9.17, 15) is 36.9 Å². The largest absolute Gasteiger partial charge is 0.455 e. The van der Waals surface area contributed by atoms with Crippen LogP contribution in [0.4, 0.5) is 20.2 Å². The minimum absolute atomic E-state index is 0.0953. The summed E-state index contributed by atoms with van der Waals surface area (Å²) in [6, 6.07) is 9.57. The van der Waals surface area contributed by atoms with Crippen molar-refractivity contribution in [1.29, 1.82) is 0 Å². The smallest absolute Gasteiger partial charge is 0.341 e. The van der Waals surface area contributed by atoms with Gasteiger partial charge in [-0.25, -0.2) is 8.42 Å². The number of hydrogen-bond acceptors (Lipinski definition) is 7. The van der Waals surface area contributed by atoms with E-state index in [1.165, 1.54) is 24.3 Å². The van der Waals surface area contributed by atoms with E-state index in [1.807, 2.05) is 0 Å². The zero-order valence-electron chi connectivity index (χ0n) is 14.6. The molecule has 0 atom stereocenters. The maximum Gasteiger partial charge on any atom is 0.341 e. The zero-order chi connectivity index (χ0) is 21.6. The molecule has 1 amide bonds. The van der Waals surface area contributed by atoms with Crippen LogP contribution in [-0.2, 0) is 30.6 Å². The number of ether oxygens (including phenoxy) is 1. The van der Waals surface area contributed by atoms with Crippen molar-refractivity contribution in [2.24, 2.45) is 0 Å². The molecule has 0 heterocycles. The number of alkyl halides is 2. The number of carbonyl (C=O) groups excluding carboxylic acids is 2. The first-order chi connectivity index (χ1) is 13.6. The van der Waals surface area contributed by atoms with E-state index < -0.39 is 50.3 Å². The third-order valence-corrected chi connectivity index (χ3v) is 4.99. The van der Waals surface area contributed by atoms with Crippen molar-refractivity contribution in [3.05, 3.63) is 64.2 Å². The number of rotatable bonds is 8. The molecule has 9 nitrogen and oxygen atoms in total. The third kappa shape index (κ3) is 5.78. The highest BCUT2D eigenvalue weighted by Crippen LogP contribution is 2.20. The first-order valence-corrected chi connectivity index (χ1v) is 9.46. The van der Waals surface area contributed by atoms with Gasteiger partial charge in [0.15, 0.2) is 6.61 Å². The second-order valence-electron chi connectivity index (χ2n) is 5.60. The van der Waals surface area contributed by atoms with E-state index in [-0.39, 0.29) is 16.9 Å². The van der Waals surface area contributed by atoms with E-state index in [0.717, 1.165) is 24.3 Å². The van der Waals surface area contributed by atoms with Crippen LogP contribution in [0.2, 0.25) is 0 Å². The van der Waals surface area contributed by atoms with E-state index in [2.05, 4.69) is 5.32 Å². The van der Waals surface area contributed by atoms with E-state index >= 15 is 0 Å². The lowest BCUT2D eigenvalue weighted by Crippen LogP contribution is -2.22. The summed E-state index contributed by atoms with van der Waals surface area (Å²) < 4.78 is 52.3. The Balaban J connectivity index is 1.90. The van der Waals surface area contributed by atoms with Gasteiger partial charge >= 0.3 is 11.7 Å². The van der Waals surface area contributed by atoms with Gasteiger partial charge in [-0.15, -0.1) is 0 Å². The Morgan fingerprint density at radius 1 is 1.10 bits per heavy atom. The Morgan fingerprint density at radius 3 is 2.31 bits per heavy atom. The minimum atomic E-state index is -4.75. The number of sulfone groups is 1. The number of nitrogens with one attached hydrogen (secondary N) is 1. The van der Waals surface area contributed by atoms with Gasteiger partial charge < -0.3 is 10.1 Å². The van der Waals surface area contributed by atoms with Crippen molar-refractivity contribution < 1.29 is 36.4 Å². The van der Waals surface area contributed by atoms with Crippen molar-refractivity contribution >= 4 is 33.1 Å². The molecule has 0 aliphatic carbocycles. The third-order valence-electron chi connectivity index (χ3n) is 3.59. The van der Waals surface area contributed by atoms with Gasteiger partial charge in [-0.3, -0.25) is 19.7 Å². The molecular formula is C17H14F2N2O7S. The van der Waals surface area contributed by atoms with Gasteiger partial charge in [0.2, 0.25) is 9.84 Å². The number of esters is 1. The van der Waals surface area contributed by atoms with Gasteiger partial charge in [-0.1, -0.05) is 18.2 Å². The Bertz CT molecular complexity index is 1020. The molecular weight excluding hydrogens is 414 g/mol. The number of carbonyl (C=O) groups is 2. The lowest BCUT2D eigenvalue weighted by atomic mass is 10.1. The Morgan fingerprint density at radius 2 is 1.72 bits per heavy atom. The topological polar surface area (TPSA) is 133 Å². The van der Waals surface area contributed by atoms with Crippen LogP contribution in [0.15, 0.2) is 53.4 Å². The molecule has 0 aliphatic rings. The first-order valence-electron chi connectivity index (χ1n) is 7.91. The molecule has 0 unspecified atom stereocenters. The molecule has 0 aromatic heterocycles. The van der Waals surface area contributed by atoms with E-state index in [1.54, 1.807) is 0 Å². The van der Waals surface area contributed by atoms with Gasteiger partial charge in [-0.05, 0) is 24.3 Å². The number of benzene rings is 2. The van der Waals surface area contributed by atoms with Crippen LogP contribution >= 0.6 is 0 Å². The molecule has 12 heteroatoms. The maximum absolute atomic E-state index is 12.5. The lowest BCUT2D eigenvalue weighted by Gasteiger charge is -2.08. The summed E-state index contributed by atoms with van der Waals surface area (Å²) in [5, 5.41) is 13.2. The van der Waals surface area contributed by atoms with Gasteiger partial charge in [0.25, 0.3) is 11.6 Å². The zero-order valence-corrected chi connectivity index (χ0v) is 15.4. The van der Waals surface area contributed by atoms with Crippen molar-refractivity contribution in [3.63, 3.8) is 0 Å². The monoisotopic (exact) mass is 428 g/mol. The summed E-state index contributed by atoms with van der Waals surface area (Å²) in [6.07, 6.45) is -0.412. The highest BCUT2D eigenvalue weighted by molar-refractivity contribution is 7.91. The normalized spacial score (nSPS) is 11.1. The Kier molecular flexibility index (Phi) is 6.93. The number of hydrogen-bond donors (Lipinski definition) is 1. The molecule has 2 aromatic carbocycles. The van der Waals surface area contributed by atoms with Crippen LogP contribution in [0, 0.1) is 10.1 Å². The van der Waals surface area contributed by atoms with Gasteiger partial charge in [-0.2, -0.15) is 8.78 Å². The number of nitro benzene ring substituents is 1. The quantitative estimate of drug-likeness (QED) is 0.387. The van der Waals surface area contributed by atoms with E-state index in [4.69, 9.17) is 4.74 Å². The second-order valence-corrected chi connectivity index (χ2v) is 7.52. The molecule has 0 bridgehead atoms. The summed E-state index contributed by atoms with van der Waals surface area (Å²) in [5.74, 6) is -5.21. The number of nitro groups is 1. The maximum atomic E-state index is 12.5. The SMILES string of the molecule is O=C(COC(=O)Cc1ccccc1[N+](=O)[O-])Nc1ccc(S(=O)(=O)C(F)F)cc1. The molecule has 154 valence electrons. The second kappa shape index (κ2) is 9.19. The summed E-state index contributed by atoms with van der Waals surface area (Å²) >= 11 is 0. The fourth-order valence-corrected chi connectivity index (χ4v) is 2.94. The van der Waals surface area contributed by atoms with E-state index in [0.29, 0.717) is 0 Å². The van der Waals surface area contributed by atoms with Gasteiger partial charge in [0, 0.05) is 17.3 Å². The van der Waals surface area contributed by atoms with Crippen LogP contribution in [-0.4, -0.2) is 37.6 Å². The summed E-state index contributed by atoms with van der Waals surface area (Å²) in [6.45, 7) is -0.698. The summed E-state index contributed by atoms with van der Waals surface area (Å²) in [7, 11) is -4.75. The molecule has 2 aromatic rings. The minimum Gasteiger partial charge on any atom is -0.455 e. The summed E-state index contributed by atoms with van der Waals surface area (Å²) in [4.78, 5) is 33.3. The molecule has 0 saturated carbocycles. The molecule has 0 radical (unpaired) electrons. The highest BCUT2D eigenvalue weighted by Gasteiger charge is 2.26. The van der Waals surface area contributed by atoms with Gasteiger partial charge in [0.1, 0.15) is 0 Å². The molecule has 2 rings (SSSR count). The van der Waals surface area contributed by atoms with Crippen molar-refractivity contribution in [3.8, 4) is 0 Å². The predicted octanol–water partition coefficient (Wildman–Crippen LogP) is 2.32.